The third kappa shape index (κ3) is 3.71. The standard InChI is InChI=1S/C16H21N3/c1-16(2,3)18-14-11-8-12-15(17-14)19(4)13-9-6-5-7-10-13/h5-12H,1-4H3,(H,17,18). The van der Waals surface area contributed by atoms with E-state index < -0.39 is 0 Å². The van der Waals surface area contributed by atoms with Crippen LogP contribution in [0.25, 0.3) is 0 Å². The number of nitrogens with one attached hydrogen (secondary N) is 1. The lowest BCUT2D eigenvalue weighted by atomic mass is 10.1. The summed E-state index contributed by atoms with van der Waals surface area (Å²) in [5.74, 6) is 1.83. The number of para-hydroxylation sites is 1. The molecule has 3 nitrogen and oxygen atoms in total. The minimum Gasteiger partial charge on any atom is -0.365 e. The van der Waals surface area contributed by atoms with E-state index in [0.29, 0.717) is 0 Å². The summed E-state index contributed by atoms with van der Waals surface area (Å²) >= 11 is 0. The molecule has 1 aromatic carbocycles. The number of hydrogen-bond acceptors (Lipinski definition) is 3. The smallest absolute Gasteiger partial charge is 0.135 e. The van der Waals surface area contributed by atoms with Gasteiger partial charge in [0.05, 0.1) is 0 Å². The fraction of sp³-hybridized carbons (Fsp3) is 0.312. The number of anilines is 3. The molecule has 3 heteroatoms. The van der Waals surface area contributed by atoms with Gasteiger partial charge >= 0.3 is 0 Å². The predicted molar refractivity (Wildman–Crippen MR) is 82.1 cm³/mol. The maximum Gasteiger partial charge on any atom is 0.135 e. The van der Waals surface area contributed by atoms with E-state index in [4.69, 9.17) is 0 Å². The van der Waals surface area contributed by atoms with E-state index in [1.165, 1.54) is 0 Å². The lowest BCUT2D eigenvalue weighted by molar-refractivity contribution is 0.630. The highest BCUT2D eigenvalue weighted by Crippen LogP contribution is 2.23. The van der Waals surface area contributed by atoms with Gasteiger partial charge in [-0.05, 0) is 45.0 Å². The van der Waals surface area contributed by atoms with Gasteiger partial charge in [0, 0.05) is 18.3 Å². The van der Waals surface area contributed by atoms with Crippen LogP contribution in [0.2, 0.25) is 0 Å². The molecule has 0 aliphatic carbocycles. The molecule has 0 aliphatic rings. The molecule has 1 heterocycles. The van der Waals surface area contributed by atoms with Gasteiger partial charge in [0.15, 0.2) is 0 Å². The van der Waals surface area contributed by atoms with Crippen LogP contribution in [-0.4, -0.2) is 17.6 Å². The van der Waals surface area contributed by atoms with Crippen molar-refractivity contribution in [2.24, 2.45) is 0 Å². The highest BCUT2D eigenvalue weighted by atomic mass is 15.2. The predicted octanol–water partition coefficient (Wildman–Crippen LogP) is 4.06. The Hall–Kier alpha value is -2.03. The summed E-state index contributed by atoms with van der Waals surface area (Å²) < 4.78 is 0. The molecular weight excluding hydrogens is 234 g/mol. The molecule has 2 aromatic rings. The Morgan fingerprint density at radius 2 is 1.63 bits per heavy atom. The van der Waals surface area contributed by atoms with Crippen LogP contribution in [0.4, 0.5) is 17.3 Å². The third-order valence-electron chi connectivity index (χ3n) is 2.72. The van der Waals surface area contributed by atoms with Crippen molar-refractivity contribution in [1.82, 2.24) is 4.98 Å². The largest absolute Gasteiger partial charge is 0.365 e. The summed E-state index contributed by atoms with van der Waals surface area (Å²) in [6.07, 6.45) is 0. The van der Waals surface area contributed by atoms with Gasteiger partial charge in [-0.25, -0.2) is 4.98 Å². The zero-order valence-electron chi connectivity index (χ0n) is 12.0. The van der Waals surface area contributed by atoms with Crippen molar-refractivity contribution in [1.29, 1.82) is 0 Å². The lowest BCUT2D eigenvalue weighted by Crippen LogP contribution is -2.27. The van der Waals surface area contributed by atoms with Gasteiger partial charge in [0.2, 0.25) is 0 Å². The molecule has 1 aromatic heterocycles. The summed E-state index contributed by atoms with van der Waals surface area (Å²) in [4.78, 5) is 6.73. The van der Waals surface area contributed by atoms with Crippen LogP contribution in [0, 0.1) is 0 Å². The van der Waals surface area contributed by atoms with E-state index in [1.807, 2.05) is 43.4 Å². The van der Waals surface area contributed by atoms with E-state index >= 15 is 0 Å². The Bertz CT molecular complexity index is 529. The summed E-state index contributed by atoms with van der Waals surface area (Å²) in [6, 6.07) is 16.3. The third-order valence-corrected chi connectivity index (χ3v) is 2.72. The fourth-order valence-electron chi connectivity index (χ4n) is 1.85. The Kier molecular flexibility index (Phi) is 3.74. The maximum absolute atomic E-state index is 4.65. The van der Waals surface area contributed by atoms with Crippen molar-refractivity contribution in [3.63, 3.8) is 0 Å². The Morgan fingerprint density at radius 1 is 0.947 bits per heavy atom. The van der Waals surface area contributed by atoms with Crippen molar-refractivity contribution >= 4 is 17.3 Å². The summed E-state index contributed by atoms with van der Waals surface area (Å²) in [5, 5.41) is 3.39. The molecule has 0 saturated carbocycles. The van der Waals surface area contributed by atoms with Gasteiger partial charge in [-0.15, -0.1) is 0 Å². The molecule has 19 heavy (non-hydrogen) atoms. The van der Waals surface area contributed by atoms with Crippen LogP contribution in [0.15, 0.2) is 48.5 Å². The molecule has 1 N–H and O–H groups in total. The lowest BCUT2D eigenvalue weighted by Gasteiger charge is -2.23. The molecule has 0 radical (unpaired) electrons. The second-order valence-electron chi connectivity index (χ2n) is 5.65. The minimum absolute atomic E-state index is 0.0109. The van der Waals surface area contributed by atoms with Crippen molar-refractivity contribution in [2.75, 3.05) is 17.3 Å². The van der Waals surface area contributed by atoms with E-state index in [-0.39, 0.29) is 5.54 Å². The molecule has 0 spiro atoms. The average molecular weight is 255 g/mol. The van der Waals surface area contributed by atoms with Crippen LogP contribution in [0.3, 0.4) is 0 Å². The number of nitrogens with zero attached hydrogens (tertiary/aromatic N) is 2. The zero-order valence-corrected chi connectivity index (χ0v) is 12.0. The summed E-state index contributed by atoms with van der Waals surface area (Å²) in [7, 11) is 2.03. The van der Waals surface area contributed by atoms with Gasteiger partial charge in [-0.3, -0.25) is 0 Å². The first-order valence-corrected chi connectivity index (χ1v) is 6.50. The molecule has 2 rings (SSSR count). The van der Waals surface area contributed by atoms with E-state index in [1.54, 1.807) is 0 Å². The Morgan fingerprint density at radius 3 is 2.26 bits per heavy atom. The topological polar surface area (TPSA) is 28.2 Å². The highest BCUT2D eigenvalue weighted by molar-refractivity contribution is 5.60. The van der Waals surface area contributed by atoms with Gasteiger partial charge < -0.3 is 10.2 Å². The van der Waals surface area contributed by atoms with Crippen LogP contribution in [0.1, 0.15) is 20.8 Å². The van der Waals surface area contributed by atoms with Crippen molar-refractivity contribution in [2.45, 2.75) is 26.3 Å². The number of pyridine rings is 1. The molecule has 100 valence electrons. The van der Waals surface area contributed by atoms with Crippen molar-refractivity contribution in [3.8, 4) is 0 Å². The SMILES string of the molecule is CN(c1ccccc1)c1cccc(NC(C)(C)C)n1. The summed E-state index contributed by atoms with van der Waals surface area (Å²) in [5.41, 5.74) is 1.14. The molecule has 0 atom stereocenters. The zero-order chi connectivity index (χ0) is 13.9. The monoisotopic (exact) mass is 255 g/mol. The van der Waals surface area contributed by atoms with E-state index in [2.05, 4.69) is 48.1 Å². The average Bonchev–Trinajstić information content (AvgIpc) is 2.37. The number of rotatable bonds is 3. The molecule has 0 saturated heterocycles. The van der Waals surface area contributed by atoms with Gasteiger partial charge in [-0.1, -0.05) is 24.3 Å². The number of aromatic nitrogens is 1. The van der Waals surface area contributed by atoms with Crippen molar-refractivity contribution in [3.05, 3.63) is 48.5 Å². The highest BCUT2D eigenvalue weighted by Gasteiger charge is 2.11. The van der Waals surface area contributed by atoms with Crippen LogP contribution in [-0.2, 0) is 0 Å². The first-order valence-electron chi connectivity index (χ1n) is 6.50. The van der Waals surface area contributed by atoms with E-state index in [0.717, 1.165) is 17.3 Å². The van der Waals surface area contributed by atoms with Crippen molar-refractivity contribution < 1.29 is 0 Å². The minimum atomic E-state index is 0.0109. The van der Waals surface area contributed by atoms with Gasteiger partial charge in [0.25, 0.3) is 0 Å². The van der Waals surface area contributed by atoms with Gasteiger partial charge in [0.1, 0.15) is 11.6 Å². The van der Waals surface area contributed by atoms with Crippen LogP contribution in [0.5, 0.6) is 0 Å². The first kappa shape index (κ1) is 13.4. The second kappa shape index (κ2) is 5.31. The quantitative estimate of drug-likeness (QED) is 0.896. The maximum atomic E-state index is 4.65. The number of benzene rings is 1. The van der Waals surface area contributed by atoms with Crippen LogP contribution >= 0.6 is 0 Å². The molecular formula is C16H21N3. The Labute approximate surface area is 115 Å². The molecule has 0 fully saturated rings. The summed E-state index contributed by atoms with van der Waals surface area (Å²) in [6.45, 7) is 6.38. The second-order valence-corrected chi connectivity index (χ2v) is 5.65. The number of hydrogen-bond donors (Lipinski definition) is 1. The molecule has 0 amide bonds. The Balaban J connectivity index is 2.24. The van der Waals surface area contributed by atoms with Crippen LogP contribution < -0.4 is 10.2 Å². The van der Waals surface area contributed by atoms with E-state index in [9.17, 15) is 0 Å². The van der Waals surface area contributed by atoms with Gasteiger partial charge in [-0.2, -0.15) is 0 Å². The molecule has 0 bridgehead atoms. The molecule has 0 unspecified atom stereocenters. The molecule has 0 aliphatic heterocycles. The first-order chi connectivity index (χ1) is 8.96. The normalized spacial score (nSPS) is 11.2. The fourth-order valence-corrected chi connectivity index (χ4v) is 1.85.